The number of anilines is 1. The molecule has 0 atom stereocenters. The van der Waals surface area contributed by atoms with Crippen LogP contribution in [-0.2, 0) is 0 Å². The molecule has 0 spiro atoms. The average molecular weight is 230 g/mol. The fraction of sp³-hybridized carbons (Fsp3) is 0. The van der Waals surface area contributed by atoms with E-state index in [9.17, 15) is 4.79 Å². The van der Waals surface area contributed by atoms with E-state index in [-0.39, 0.29) is 16.3 Å². The number of benzene rings is 1. The number of hydrogen-bond acceptors (Lipinski definition) is 3. The molecule has 0 fully saturated rings. The Morgan fingerprint density at radius 1 is 1.29 bits per heavy atom. The molecular formula is C9H5Cl2NO2. The van der Waals surface area contributed by atoms with Gasteiger partial charge in [0.25, 0.3) is 0 Å². The minimum Gasteiger partial charge on any atom is -0.420 e. The summed E-state index contributed by atoms with van der Waals surface area (Å²) in [6.07, 6.45) is 0. The summed E-state index contributed by atoms with van der Waals surface area (Å²) >= 11 is 11.6. The predicted molar refractivity (Wildman–Crippen MR) is 56.9 cm³/mol. The molecule has 0 bridgehead atoms. The van der Waals surface area contributed by atoms with Gasteiger partial charge in [0.1, 0.15) is 10.7 Å². The van der Waals surface area contributed by atoms with Gasteiger partial charge in [-0.15, -0.1) is 0 Å². The van der Waals surface area contributed by atoms with Gasteiger partial charge in [-0.25, -0.2) is 4.79 Å². The number of hydrogen-bond donors (Lipinski definition) is 1. The maximum Gasteiger partial charge on any atom is 0.359 e. The summed E-state index contributed by atoms with van der Waals surface area (Å²) in [4.78, 5) is 11.1. The molecule has 2 aromatic rings. The van der Waals surface area contributed by atoms with Gasteiger partial charge in [-0.1, -0.05) is 23.2 Å². The summed E-state index contributed by atoms with van der Waals surface area (Å²) in [7, 11) is 0. The molecule has 2 N–H and O–H groups in total. The van der Waals surface area contributed by atoms with Gasteiger partial charge in [0.2, 0.25) is 0 Å². The first-order valence-corrected chi connectivity index (χ1v) is 4.52. The van der Waals surface area contributed by atoms with Crippen molar-refractivity contribution in [3.05, 3.63) is 38.7 Å². The number of nitrogen functional groups attached to an aromatic ring is 1. The van der Waals surface area contributed by atoms with Crippen molar-refractivity contribution < 1.29 is 4.42 Å². The van der Waals surface area contributed by atoms with Crippen molar-refractivity contribution in [2.24, 2.45) is 0 Å². The minimum absolute atomic E-state index is 0.0517. The maximum absolute atomic E-state index is 11.1. The van der Waals surface area contributed by atoms with Gasteiger partial charge in [0, 0.05) is 5.39 Å². The van der Waals surface area contributed by atoms with Gasteiger partial charge < -0.3 is 10.2 Å². The Balaban J connectivity index is 2.97. The first kappa shape index (κ1) is 9.37. The summed E-state index contributed by atoms with van der Waals surface area (Å²) in [6.45, 7) is 0. The van der Waals surface area contributed by atoms with Crippen molar-refractivity contribution in [1.82, 2.24) is 0 Å². The highest BCUT2D eigenvalue weighted by molar-refractivity contribution is 6.44. The SMILES string of the molecule is Nc1cc2ccc(Cl)c(Cl)c2oc1=O. The molecule has 1 aromatic carbocycles. The van der Waals surface area contributed by atoms with E-state index in [1.54, 1.807) is 12.1 Å². The number of rotatable bonds is 0. The van der Waals surface area contributed by atoms with Crippen molar-refractivity contribution in [3.8, 4) is 0 Å². The molecule has 1 aromatic heterocycles. The molecule has 3 nitrogen and oxygen atoms in total. The molecule has 0 saturated carbocycles. The standard InChI is InChI=1S/C9H5Cl2NO2/c10-5-2-1-4-3-6(12)9(13)14-8(4)7(5)11/h1-3H,12H2. The van der Waals surface area contributed by atoms with E-state index >= 15 is 0 Å². The summed E-state index contributed by atoms with van der Waals surface area (Å²) in [5.74, 6) is 0. The highest BCUT2D eigenvalue weighted by Crippen LogP contribution is 2.30. The lowest BCUT2D eigenvalue weighted by molar-refractivity contribution is 0.564. The second kappa shape index (κ2) is 3.19. The summed E-state index contributed by atoms with van der Waals surface area (Å²) in [5.41, 5.74) is 5.10. The molecule has 0 aliphatic rings. The molecule has 1 heterocycles. The van der Waals surface area contributed by atoms with E-state index in [1.807, 2.05) is 0 Å². The Morgan fingerprint density at radius 2 is 2.00 bits per heavy atom. The van der Waals surface area contributed by atoms with Crippen LogP contribution in [0.25, 0.3) is 11.0 Å². The van der Waals surface area contributed by atoms with E-state index in [4.69, 9.17) is 33.4 Å². The fourth-order valence-electron chi connectivity index (χ4n) is 1.14. The monoisotopic (exact) mass is 229 g/mol. The largest absolute Gasteiger partial charge is 0.420 e. The second-order valence-corrected chi connectivity index (χ2v) is 3.55. The normalized spacial score (nSPS) is 10.7. The summed E-state index contributed by atoms with van der Waals surface area (Å²) in [6, 6.07) is 4.80. The smallest absolute Gasteiger partial charge is 0.359 e. The van der Waals surface area contributed by atoms with E-state index in [0.717, 1.165) is 0 Å². The van der Waals surface area contributed by atoms with Crippen LogP contribution in [0.15, 0.2) is 27.4 Å². The van der Waals surface area contributed by atoms with Crippen LogP contribution >= 0.6 is 23.2 Å². The lowest BCUT2D eigenvalue weighted by atomic mass is 10.2. The minimum atomic E-state index is -0.610. The number of fused-ring (bicyclic) bond motifs is 1. The second-order valence-electron chi connectivity index (χ2n) is 2.77. The third-order valence-electron chi connectivity index (χ3n) is 1.82. The molecule has 0 unspecified atom stereocenters. The van der Waals surface area contributed by atoms with Gasteiger partial charge in [-0.05, 0) is 18.2 Å². The first-order chi connectivity index (χ1) is 6.59. The maximum atomic E-state index is 11.1. The zero-order chi connectivity index (χ0) is 10.3. The van der Waals surface area contributed by atoms with E-state index in [0.29, 0.717) is 10.4 Å². The lowest BCUT2D eigenvalue weighted by Gasteiger charge is -2.01. The summed E-state index contributed by atoms with van der Waals surface area (Å²) in [5, 5.41) is 1.21. The number of halogens is 2. The van der Waals surface area contributed by atoms with Gasteiger partial charge in [0.05, 0.1) is 5.02 Å². The third-order valence-corrected chi connectivity index (χ3v) is 2.61. The third kappa shape index (κ3) is 1.35. The molecule has 5 heteroatoms. The Morgan fingerprint density at radius 3 is 2.71 bits per heavy atom. The first-order valence-electron chi connectivity index (χ1n) is 3.77. The quantitative estimate of drug-likeness (QED) is 0.707. The Kier molecular flexibility index (Phi) is 2.13. The van der Waals surface area contributed by atoms with E-state index in [1.165, 1.54) is 6.07 Å². The van der Waals surface area contributed by atoms with Gasteiger partial charge in [0.15, 0.2) is 5.58 Å². The Bertz CT molecular complexity index is 562. The Hall–Kier alpha value is -1.19. The molecule has 0 amide bonds. The van der Waals surface area contributed by atoms with Gasteiger partial charge in [-0.2, -0.15) is 0 Å². The van der Waals surface area contributed by atoms with Crippen LogP contribution in [0.4, 0.5) is 5.69 Å². The molecule has 0 radical (unpaired) electrons. The zero-order valence-corrected chi connectivity index (χ0v) is 8.39. The van der Waals surface area contributed by atoms with E-state index in [2.05, 4.69) is 0 Å². The molecule has 0 aliphatic heterocycles. The molecule has 2 rings (SSSR count). The van der Waals surface area contributed by atoms with Crippen molar-refractivity contribution >= 4 is 39.9 Å². The summed E-state index contributed by atoms with van der Waals surface area (Å²) < 4.78 is 4.91. The van der Waals surface area contributed by atoms with Crippen LogP contribution in [0.3, 0.4) is 0 Å². The van der Waals surface area contributed by atoms with Crippen molar-refractivity contribution in [2.45, 2.75) is 0 Å². The van der Waals surface area contributed by atoms with Gasteiger partial charge >= 0.3 is 5.63 Å². The fourth-order valence-corrected chi connectivity index (χ4v) is 1.50. The van der Waals surface area contributed by atoms with Crippen molar-refractivity contribution in [1.29, 1.82) is 0 Å². The molecule has 72 valence electrons. The van der Waals surface area contributed by atoms with Gasteiger partial charge in [-0.3, -0.25) is 0 Å². The Labute approximate surface area is 89.0 Å². The molecular weight excluding hydrogens is 225 g/mol. The van der Waals surface area contributed by atoms with Crippen LogP contribution in [-0.4, -0.2) is 0 Å². The molecule has 14 heavy (non-hydrogen) atoms. The number of nitrogens with two attached hydrogens (primary N) is 1. The highest BCUT2D eigenvalue weighted by atomic mass is 35.5. The molecule has 0 saturated heterocycles. The van der Waals surface area contributed by atoms with Crippen molar-refractivity contribution in [2.75, 3.05) is 5.73 Å². The van der Waals surface area contributed by atoms with Crippen LogP contribution in [0.2, 0.25) is 10.0 Å². The predicted octanol–water partition coefficient (Wildman–Crippen LogP) is 2.68. The van der Waals surface area contributed by atoms with Crippen LogP contribution < -0.4 is 11.4 Å². The van der Waals surface area contributed by atoms with E-state index < -0.39 is 5.63 Å². The highest BCUT2D eigenvalue weighted by Gasteiger charge is 2.08. The van der Waals surface area contributed by atoms with Crippen molar-refractivity contribution in [3.63, 3.8) is 0 Å². The topological polar surface area (TPSA) is 56.2 Å². The van der Waals surface area contributed by atoms with Crippen LogP contribution in [0, 0.1) is 0 Å². The van der Waals surface area contributed by atoms with Crippen LogP contribution in [0.5, 0.6) is 0 Å². The average Bonchev–Trinajstić information content (AvgIpc) is 2.15. The zero-order valence-electron chi connectivity index (χ0n) is 6.88. The molecule has 0 aliphatic carbocycles. The van der Waals surface area contributed by atoms with Crippen LogP contribution in [0.1, 0.15) is 0 Å². The lowest BCUT2D eigenvalue weighted by Crippen LogP contribution is -2.05.